The van der Waals surface area contributed by atoms with Crippen LogP contribution in [0.3, 0.4) is 0 Å². The van der Waals surface area contributed by atoms with Crippen molar-refractivity contribution in [3.8, 4) is 17.2 Å². The van der Waals surface area contributed by atoms with Gasteiger partial charge in [-0.05, 0) is 32.8 Å². The Morgan fingerprint density at radius 1 is 1.29 bits per heavy atom. The summed E-state index contributed by atoms with van der Waals surface area (Å²) in [5.74, 6) is 0. The third kappa shape index (κ3) is 4.09. The molecule has 4 nitrogen and oxygen atoms in total. The molecule has 0 bridgehead atoms. The lowest BCUT2D eigenvalue weighted by Gasteiger charge is -2.14. The van der Waals surface area contributed by atoms with Crippen LogP contribution in [0, 0.1) is 16.7 Å². The van der Waals surface area contributed by atoms with E-state index in [9.17, 15) is 0 Å². The van der Waals surface area contributed by atoms with Gasteiger partial charge in [-0.2, -0.15) is 10.4 Å². The van der Waals surface area contributed by atoms with Crippen LogP contribution in [0.15, 0.2) is 36.7 Å². The Hall–Kier alpha value is -2.28. The molecule has 2 rings (SSSR count). The zero-order valence-electron chi connectivity index (χ0n) is 12.7. The summed E-state index contributed by atoms with van der Waals surface area (Å²) in [5.41, 5.74) is 8.59. The van der Waals surface area contributed by atoms with Crippen molar-refractivity contribution >= 4 is 5.69 Å². The Morgan fingerprint density at radius 3 is 2.76 bits per heavy atom. The van der Waals surface area contributed by atoms with Gasteiger partial charge in [0.1, 0.15) is 0 Å². The summed E-state index contributed by atoms with van der Waals surface area (Å²) < 4.78 is 1.95. The number of nitrogen functional groups attached to an aromatic ring is 1. The van der Waals surface area contributed by atoms with Crippen LogP contribution < -0.4 is 5.73 Å². The second-order valence-corrected chi connectivity index (χ2v) is 6.03. The summed E-state index contributed by atoms with van der Waals surface area (Å²) in [6, 6.07) is 10.2. The number of hydrogen-bond acceptors (Lipinski definition) is 3. The molecule has 1 heterocycles. The fraction of sp³-hybridized carbons (Fsp3) is 0.412. The van der Waals surface area contributed by atoms with Gasteiger partial charge in [0, 0.05) is 29.6 Å². The van der Waals surface area contributed by atoms with Gasteiger partial charge >= 0.3 is 0 Å². The molecule has 4 heteroatoms. The van der Waals surface area contributed by atoms with Crippen molar-refractivity contribution in [3.05, 3.63) is 36.7 Å². The lowest BCUT2D eigenvalue weighted by Crippen LogP contribution is -2.08. The predicted octanol–water partition coefficient (Wildman–Crippen LogP) is 3.85. The van der Waals surface area contributed by atoms with Crippen molar-refractivity contribution in [3.63, 3.8) is 0 Å². The van der Waals surface area contributed by atoms with Crippen molar-refractivity contribution in [1.29, 1.82) is 5.26 Å². The molecule has 2 aromatic rings. The van der Waals surface area contributed by atoms with E-state index in [1.807, 2.05) is 55.2 Å². The van der Waals surface area contributed by atoms with Crippen LogP contribution in [0.5, 0.6) is 0 Å². The average molecular weight is 282 g/mol. The molecular weight excluding hydrogens is 260 g/mol. The summed E-state index contributed by atoms with van der Waals surface area (Å²) in [4.78, 5) is 0. The highest BCUT2D eigenvalue weighted by Gasteiger charge is 2.15. The third-order valence-electron chi connectivity index (χ3n) is 3.65. The molecule has 0 aliphatic rings. The van der Waals surface area contributed by atoms with Crippen LogP contribution in [0.2, 0.25) is 0 Å². The Bertz CT molecular complexity index is 634. The van der Waals surface area contributed by atoms with Crippen LogP contribution in [-0.4, -0.2) is 9.78 Å². The highest BCUT2D eigenvalue weighted by atomic mass is 15.3. The van der Waals surface area contributed by atoms with E-state index in [1.54, 1.807) is 0 Å². The molecule has 0 spiro atoms. The first-order valence-corrected chi connectivity index (χ1v) is 7.30. The quantitative estimate of drug-likeness (QED) is 0.646. The second kappa shape index (κ2) is 6.45. The normalized spacial score (nSPS) is 11.3. The Kier molecular flexibility index (Phi) is 4.64. The maximum Gasteiger partial charge on any atom is 0.0683 e. The van der Waals surface area contributed by atoms with Crippen LogP contribution >= 0.6 is 0 Å². The molecule has 0 aliphatic carbocycles. The Morgan fingerprint density at radius 2 is 2.05 bits per heavy atom. The number of nitrogens with two attached hydrogens (primary N) is 1. The molecule has 0 amide bonds. The van der Waals surface area contributed by atoms with Gasteiger partial charge in [0.25, 0.3) is 0 Å². The number of para-hydroxylation sites is 1. The second-order valence-electron chi connectivity index (χ2n) is 6.03. The van der Waals surface area contributed by atoms with Gasteiger partial charge in [0.2, 0.25) is 0 Å². The first kappa shape index (κ1) is 15.1. The Balaban J connectivity index is 1.90. The van der Waals surface area contributed by atoms with Gasteiger partial charge in [-0.15, -0.1) is 0 Å². The SMILES string of the molecule is CC(C)(C#N)CCCCn1cc(-c2ccccc2N)cn1. The molecule has 1 aromatic heterocycles. The van der Waals surface area contributed by atoms with E-state index >= 15 is 0 Å². The molecule has 110 valence electrons. The van der Waals surface area contributed by atoms with Gasteiger partial charge in [-0.25, -0.2) is 0 Å². The number of nitriles is 1. The van der Waals surface area contributed by atoms with E-state index in [1.165, 1.54) is 0 Å². The zero-order valence-corrected chi connectivity index (χ0v) is 12.7. The maximum atomic E-state index is 8.99. The summed E-state index contributed by atoms with van der Waals surface area (Å²) >= 11 is 0. The van der Waals surface area contributed by atoms with Crippen LogP contribution in [0.1, 0.15) is 33.1 Å². The molecule has 0 aliphatic heterocycles. The molecule has 21 heavy (non-hydrogen) atoms. The zero-order chi connectivity index (χ0) is 15.3. The monoisotopic (exact) mass is 282 g/mol. The molecular formula is C17H22N4. The van der Waals surface area contributed by atoms with Crippen molar-refractivity contribution in [2.45, 2.75) is 39.7 Å². The van der Waals surface area contributed by atoms with E-state index in [0.717, 1.165) is 42.6 Å². The standard InChI is InChI=1S/C17H22N4/c1-17(2,13-18)9-5-6-10-21-12-14(11-20-21)15-7-3-4-8-16(15)19/h3-4,7-8,11-12H,5-6,9-10,19H2,1-2H3. The first-order valence-electron chi connectivity index (χ1n) is 7.30. The summed E-state index contributed by atoms with van der Waals surface area (Å²) in [6.45, 7) is 4.84. The van der Waals surface area contributed by atoms with E-state index in [2.05, 4.69) is 11.2 Å². The lowest BCUT2D eigenvalue weighted by atomic mass is 9.89. The van der Waals surface area contributed by atoms with Gasteiger partial charge < -0.3 is 5.73 Å². The fourth-order valence-corrected chi connectivity index (χ4v) is 2.28. The van der Waals surface area contributed by atoms with Crippen molar-refractivity contribution in [2.75, 3.05) is 5.73 Å². The van der Waals surface area contributed by atoms with E-state index in [-0.39, 0.29) is 5.41 Å². The number of unbranched alkanes of at least 4 members (excludes halogenated alkanes) is 1. The number of benzene rings is 1. The minimum atomic E-state index is -0.228. The molecule has 0 atom stereocenters. The van der Waals surface area contributed by atoms with Crippen LogP contribution in [0.25, 0.3) is 11.1 Å². The predicted molar refractivity (Wildman–Crippen MR) is 85.3 cm³/mol. The highest BCUT2D eigenvalue weighted by Crippen LogP contribution is 2.25. The molecule has 0 saturated heterocycles. The lowest BCUT2D eigenvalue weighted by molar-refractivity contribution is 0.412. The Labute approximate surface area is 126 Å². The molecule has 1 aromatic carbocycles. The summed E-state index contributed by atoms with van der Waals surface area (Å²) in [6.07, 6.45) is 6.86. The number of anilines is 1. The minimum Gasteiger partial charge on any atom is -0.398 e. The minimum absolute atomic E-state index is 0.228. The topological polar surface area (TPSA) is 67.6 Å². The van der Waals surface area contributed by atoms with Crippen molar-refractivity contribution in [1.82, 2.24) is 9.78 Å². The van der Waals surface area contributed by atoms with Crippen molar-refractivity contribution < 1.29 is 0 Å². The number of hydrogen-bond donors (Lipinski definition) is 1. The first-order chi connectivity index (χ1) is 10.0. The van der Waals surface area contributed by atoms with Crippen LogP contribution in [0.4, 0.5) is 5.69 Å². The molecule has 0 fully saturated rings. The fourth-order valence-electron chi connectivity index (χ4n) is 2.28. The van der Waals surface area contributed by atoms with Gasteiger partial charge in [-0.1, -0.05) is 24.6 Å². The number of aryl methyl sites for hydroxylation is 1. The highest BCUT2D eigenvalue weighted by molar-refractivity contribution is 5.75. The molecule has 0 saturated carbocycles. The van der Waals surface area contributed by atoms with Crippen LogP contribution in [-0.2, 0) is 6.54 Å². The summed E-state index contributed by atoms with van der Waals surface area (Å²) in [5, 5.41) is 13.4. The number of nitrogens with zero attached hydrogens (tertiary/aromatic N) is 3. The van der Waals surface area contributed by atoms with Gasteiger partial charge in [0.15, 0.2) is 0 Å². The number of rotatable bonds is 6. The largest absolute Gasteiger partial charge is 0.398 e. The molecule has 0 radical (unpaired) electrons. The van der Waals surface area contributed by atoms with Gasteiger partial charge in [-0.3, -0.25) is 4.68 Å². The van der Waals surface area contributed by atoms with E-state index in [4.69, 9.17) is 11.0 Å². The maximum absolute atomic E-state index is 8.99. The average Bonchev–Trinajstić information content (AvgIpc) is 2.93. The van der Waals surface area contributed by atoms with E-state index in [0.29, 0.717) is 0 Å². The molecule has 0 unspecified atom stereocenters. The smallest absolute Gasteiger partial charge is 0.0683 e. The molecule has 2 N–H and O–H groups in total. The third-order valence-corrected chi connectivity index (χ3v) is 3.65. The summed E-state index contributed by atoms with van der Waals surface area (Å²) in [7, 11) is 0. The van der Waals surface area contributed by atoms with Gasteiger partial charge in [0.05, 0.1) is 17.7 Å². The van der Waals surface area contributed by atoms with Crippen molar-refractivity contribution in [2.24, 2.45) is 5.41 Å². The van der Waals surface area contributed by atoms with E-state index < -0.39 is 0 Å². The number of aromatic nitrogens is 2.